The van der Waals surface area contributed by atoms with E-state index in [1.165, 1.54) is 34.0 Å². The van der Waals surface area contributed by atoms with Gasteiger partial charge in [-0.05, 0) is 37.5 Å². The molecule has 0 saturated carbocycles. The number of thiazole rings is 1. The Morgan fingerprint density at radius 2 is 2.21 bits per heavy atom. The number of likely N-dealkylation sites (tertiary alicyclic amines) is 1. The molecule has 29 heavy (non-hydrogen) atoms. The molecule has 2 fully saturated rings. The van der Waals surface area contributed by atoms with E-state index in [0.29, 0.717) is 41.3 Å². The molecule has 3 heterocycles. The summed E-state index contributed by atoms with van der Waals surface area (Å²) in [5, 5.41) is 13.9. The number of amides is 1. The Balaban J connectivity index is 1.39. The zero-order valence-corrected chi connectivity index (χ0v) is 17.6. The molecule has 0 bridgehead atoms. The van der Waals surface area contributed by atoms with Crippen LogP contribution in [0.1, 0.15) is 19.3 Å². The van der Waals surface area contributed by atoms with Crippen molar-refractivity contribution in [3.63, 3.8) is 0 Å². The highest BCUT2D eigenvalue weighted by Gasteiger charge is 2.52. The fraction of sp³-hybridized carbons (Fsp3) is 0.556. The van der Waals surface area contributed by atoms with Gasteiger partial charge in [0.05, 0.1) is 34.7 Å². The molecule has 1 aromatic heterocycles. The molecule has 11 heteroatoms. The van der Waals surface area contributed by atoms with Gasteiger partial charge in [-0.1, -0.05) is 11.3 Å². The summed E-state index contributed by atoms with van der Waals surface area (Å²) in [4.78, 5) is 18.5. The number of fused-ring (bicyclic) bond motifs is 1. The van der Waals surface area contributed by atoms with Crippen molar-refractivity contribution in [1.82, 2.24) is 14.2 Å². The summed E-state index contributed by atoms with van der Waals surface area (Å²) >= 11 is 1.20. The van der Waals surface area contributed by atoms with Crippen LogP contribution in [-0.4, -0.2) is 77.7 Å². The van der Waals surface area contributed by atoms with Gasteiger partial charge in [-0.3, -0.25) is 9.69 Å². The van der Waals surface area contributed by atoms with Gasteiger partial charge in [-0.2, -0.15) is 4.31 Å². The van der Waals surface area contributed by atoms with Gasteiger partial charge >= 0.3 is 0 Å². The zero-order chi connectivity index (χ0) is 20.8. The average molecular weight is 443 g/mol. The van der Waals surface area contributed by atoms with Crippen LogP contribution in [0.5, 0.6) is 0 Å². The maximum absolute atomic E-state index is 13.3. The summed E-state index contributed by atoms with van der Waals surface area (Å²) in [6.45, 7) is 1.23. The van der Waals surface area contributed by atoms with Crippen LogP contribution >= 0.6 is 11.3 Å². The lowest BCUT2D eigenvalue weighted by Gasteiger charge is -2.47. The zero-order valence-electron chi connectivity index (χ0n) is 16.0. The molecule has 0 unspecified atom stereocenters. The number of anilines is 1. The number of nitrogens with zero attached hydrogens (tertiary/aromatic N) is 3. The molecule has 2 N–H and O–H groups in total. The average Bonchev–Trinajstić information content (AvgIpc) is 3.22. The fourth-order valence-electron chi connectivity index (χ4n) is 4.44. The molecule has 2 aliphatic rings. The lowest BCUT2D eigenvalue weighted by atomic mass is 9.83. The Hall–Kier alpha value is -1.66. The summed E-state index contributed by atoms with van der Waals surface area (Å²) in [6.07, 6.45) is 2.16. The molecule has 1 spiro atoms. The van der Waals surface area contributed by atoms with Crippen LogP contribution in [-0.2, 0) is 14.8 Å². The van der Waals surface area contributed by atoms with Crippen LogP contribution < -0.4 is 5.32 Å². The quantitative estimate of drug-likeness (QED) is 0.739. The second kappa shape index (κ2) is 7.55. The van der Waals surface area contributed by atoms with E-state index in [0.717, 1.165) is 6.42 Å². The van der Waals surface area contributed by atoms with Crippen LogP contribution in [0.3, 0.4) is 0 Å². The van der Waals surface area contributed by atoms with Crippen molar-refractivity contribution in [2.45, 2.75) is 30.9 Å². The number of carbonyl (C=O) groups is 1. The number of β-amino-alcohol motifs (C(OH)–C–C–N with tert-alkyl or cyclic N) is 1. The molecule has 4 rings (SSSR count). The van der Waals surface area contributed by atoms with Gasteiger partial charge in [0.25, 0.3) is 0 Å². The molecule has 2 atom stereocenters. The molecule has 2 saturated heterocycles. The second-order valence-electron chi connectivity index (χ2n) is 7.72. The monoisotopic (exact) mass is 442 g/mol. The summed E-state index contributed by atoms with van der Waals surface area (Å²) in [5.41, 5.74) is -0.151. The third kappa shape index (κ3) is 4.02. The Bertz CT molecular complexity index is 1040. The van der Waals surface area contributed by atoms with Gasteiger partial charge in [-0.15, -0.1) is 0 Å². The number of carbonyl (C=O) groups excluding carboxylic acids is 1. The van der Waals surface area contributed by atoms with Crippen molar-refractivity contribution in [2.24, 2.45) is 0 Å². The summed E-state index contributed by atoms with van der Waals surface area (Å²) in [5.74, 6) is -0.635. The Labute approximate surface area is 172 Å². The molecule has 0 aliphatic carbocycles. The predicted molar refractivity (Wildman–Crippen MR) is 109 cm³/mol. The SMILES string of the molecule is CS(=O)(=O)N1CCC[C@@]12CCN(CC(=O)Nc1nc3ccc(F)cc3s1)C[C@@H]2O. The molecule has 2 aromatic rings. The van der Waals surface area contributed by atoms with E-state index in [9.17, 15) is 22.7 Å². The van der Waals surface area contributed by atoms with E-state index >= 15 is 0 Å². The number of hydrogen-bond acceptors (Lipinski definition) is 7. The fourth-order valence-corrected chi connectivity index (χ4v) is 6.77. The minimum absolute atomic E-state index is 0.0658. The molecular formula is C18H23FN4O4S2. The molecule has 1 aromatic carbocycles. The van der Waals surface area contributed by atoms with Crippen molar-refractivity contribution < 1.29 is 22.7 Å². The molecular weight excluding hydrogens is 419 g/mol. The van der Waals surface area contributed by atoms with Crippen LogP contribution in [0.4, 0.5) is 9.52 Å². The Morgan fingerprint density at radius 3 is 2.93 bits per heavy atom. The Morgan fingerprint density at radius 1 is 1.41 bits per heavy atom. The standard InChI is InChI=1S/C18H23FN4O4S2/c1-29(26,27)23-7-2-5-18(23)6-8-22(10-15(18)24)11-16(25)21-17-20-13-4-3-12(19)9-14(13)28-17/h3-4,9,15,24H,2,5-8,10-11H2,1H3,(H,20,21,25)/t15-,18-/m0/s1. The first kappa shape index (κ1) is 20.6. The van der Waals surface area contributed by atoms with Crippen LogP contribution in [0.15, 0.2) is 18.2 Å². The number of halogens is 1. The highest BCUT2D eigenvalue weighted by atomic mass is 32.2. The van der Waals surface area contributed by atoms with Crippen molar-refractivity contribution in [3.05, 3.63) is 24.0 Å². The molecule has 8 nitrogen and oxygen atoms in total. The smallest absolute Gasteiger partial charge is 0.240 e. The summed E-state index contributed by atoms with van der Waals surface area (Å²) in [7, 11) is -3.40. The number of aliphatic hydroxyl groups is 1. The number of piperidine rings is 1. The lowest BCUT2D eigenvalue weighted by Crippen LogP contribution is -2.63. The third-order valence-corrected chi connectivity index (χ3v) is 8.02. The van der Waals surface area contributed by atoms with Gasteiger partial charge in [0, 0.05) is 19.6 Å². The van der Waals surface area contributed by atoms with Gasteiger partial charge in [0.15, 0.2) is 5.13 Å². The number of nitrogens with one attached hydrogen (secondary N) is 1. The maximum atomic E-state index is 13.3. The summed E-state index contributed by atoms with van der Waals surface area (Å²) < 4.78 is 39.6. The summed E-state index contributed by atoms with van der Waals surface area (Å²) in [6, 6.07) is 4.26. The Kier molecular flexibility index (Phi) is 5.36. The van der Waals surface area contributed by atoms with Gasteiger partial charge in [0.2, 0.25) is 15.9 Å². The van der Waals surface area contributed by atoms with Crippen molar-refractivity contribution >= 4 is 42.6 Å². The number of sulfonamides is 1. The minimum atomic E-state index is -3.40. The molecule has 158 valence electrons. The third-order valence-electron chi connectivity index (χ3n) is 5.74. The number of benzene rings is 1. The highest BCUT2D eigenvalue weighted by Crippen LogP contribution is 2.40. The van der Waals surface area contributed by atoms with Gasteiger partial charge in [0.1, 0.15) is 5.82 Å². The number of aromatic nitrogens is 1. The van der Waals surface area contributed by atoms with E-state index < -0.39 is 21.7 Å². The molecule has 1 amide bonds. The minimum Gasteiger partial charge on any atom is -0.390 e. The second-order valence-corrected chi connectivity index (χ2v) is 10.7. The van der Waals surface area contributed by atoms with E-state index in [4.69, 9.17) is 0 Å². The maximum Gasteiger partial charge on any atom is 0.240 e. The van der Waals surface area contributed by atoms with Crippen LogP contribution in [0.25, 0.3) is 10.2 Å². The van der Waals surface area contributed by atoms with Crippen molar-refractivity contribution in [3.8, 4) is 0 Å². The topological polar surface area (TPSA) is 103 Å². The van der Waals surface area contributed by atoms with Gasteiger partial charge < -0.3 is 10.4 Å². The number of aliphatic hydroxyl groups excluding tert-OH is 1. The van der Waals surface area contributed by atoms with E-state index in [2.05, 4.69) is 10.3 Å². The van der Waals surface area contributed by atoms with Gasteiger partial charge in [-0.25, -0.2) is 17.8 Å². The van der Waals surface area contributed by atoms with E-state index in [1.54, 1.807) is 6.07 Å². The lowest BCUT2D eigenvalue weighted by molar-refractivity contribution is -0.119. The highest BCUT2D eigenvalue weighted by molar-refractivity contribution is 7.88. The first-order valence-corrected chi connectivity index (χ1v) is 12.1. The largest absolute Gasteiger partial charge is 0.390 e. The van der Waals surface area contributed by atoms with E-state index in [-0.39, 0.29) is 24.8 Å². The molecule has 2 aliphatic heterocycles. The van der Waals surface area contributed by atoms with Crippen LogP contribution in [0, 0.1) is 5.82 Å². The van der Waals surface area contributed by atoms with E-state index in [1.807, 2.05) is 4.90 Å². The van der Waals surface area contributed by atoms with Crippen molar-refractivity contribution in [1.29, 1.82) is 0 Å². The number of hydrogen-bond donors (Lipinski definition) is 2. The predicted octanol–water partition coefficient (Wildman–Crippen LogP) is 1.23. The number of rotatable bonds is 4. The normalized spacial score (nSPS) is 26.4. The molecule has 0 radical (unpaired) electrons. The first-order valence-electron chi connectivity index (χ1n) is 9.42. The van der Waals surface area contributed by atoms with Crippen LogP contribution in [0.2, 0.25) is 0 Å². The van der Waals surface area contributed by atoms with Crippen molar-refractivity contribution in [2.75, 3.05) is 37.8 Å². The first-order chi connectivity index (χ1) is 13.7.